The second kappa shape index (κ2) is 6.92. The molecule has 1 saturated heterocycles. The molecule has 1 unspecified atom stereocenters. The van der Waals surface area contributed by atoms with E-state index in [2.05, 4.69) is 4.98 Å². The highest BCUT2D eigenvalue weighted by Gasteiger charge is 2.32. The average molecular weight is 366 g/mol. The molecule has 0 saturated carbocycles. The minimum absolute atomic E-state index is 0.104. The van der Waals surface area contributed by atoms with Crippen LogP contribution in [-0.4, -0.2) is 53.4 Å². The highest BCUT2D eigenvalue weighted by Crippen LogP contribution is 2.26. The predicted molar refractivity (Wildman–Crippen MR) is 96.6 cm³/mol. The second-order valence-electron chi connectivity index (χ2n) is 6.87. The molecule has 138 valence electrons. The van der Waals surface area contributed by atoms with Crippen LogP contribution in [0.2, 0.25) is 0 Å². The van der Waals surface area contributed by atoms with Gasteiger partial charge in [-0.25, -0.2) is 13.4 Å². The van der Waals surface area contributed by atoms with Gasteiger partial charge in [-0.1, -0.05) is 6.92 Å². The first-order chi connectivity index (χ1) is 11.8. The topological polar surface area (TPSA) is 96.6 Å². The Labute approximate surface area is 149 Å². The molecule has 1 aromatic rings. The number of fused-ring (bicyclic) bond motifs is 1. The number of nitrogens with zero attached hydrogens (tertiary/aromatic N) is 3. The Morgan fingerprint density at radius 2 is 2.00 bits per heavy atom. The van der Waals surface area contributed by atoms with Gasteiger partial charge >= 0.3 is 0 Å². The third-order valence-electron chi connectivity index (χ3n) is 5.23. The fourth-order valence-electron chi connectivity index (χ4n) is 3.41. The number of pyridine rings is 1. The van der Waals surface area contributed by atoms with E-state index in [9.17, 15) is 13.2 Å². The number of amides is 1. The van der Waals surface area contributed by atoms with Gasteiger partial charge in [-0.05, 0) is 37.8 Å². The zero-order valence-corrected chi connectivity index (χ0v) is 15.7. The summed E-state index contributed by atoms with van der Waals surface area (Å²) in [4.78, 5) is 18.8. The summed E-state index contributed by atoms with van der Waals surface area (Å²) < 4.78 is 26.8. The summed E-state index contributed by atoms with van der Waals surface area (Å²) >= 11 is 0. The van der Waals surface area contributed by atoms with Crippen molar-refractivity contribution in [3.05, 3.63) is 22.9 Å². The molecule has 25 heavy (non-hydrogen) atoms. The van der Waals surface area contributed by atoms with Gasteiger partial charge in [0.1, 0.15) is 5.82 Å². The third-order valence-corrected chi connectivity index (χ3v) is 7.61. The first-order valence-corrected chi connectivity index (χ1v) is 10.4. The van der Waals surface area contributed by atoms with E-state index in [0.29, 0.717) is 24.9 Å². The van der Waals surface area contributed by atoms with Crippen LogP contribution in [0.5, 0.6) is 0 Å². The van der Waals surface area contributed by atoms with E-state index >= 15 is 0 Å². The number of hydrogen-bond acceptors (Lipinski definition) is 5. The van der Waals surface area contributed by atoms with Gasteiger partial charge in [0.25, 0.3) is 5.91 Å². The van der Waals surface area contributed by atoms with Gasteiger partial charge in [-0.15, -0.1) is 0 Å². The molecular formula is C17H26N4O3S. The van der Waals surface area contributed by atoms with Gasteiger partial charge in [0.15, 0.2) is 0 Å². The summed E-state index contributed by atoms with van der Waals surface area (Å²) in [5.41, 5.74) is 7.99. The molecule has 0 spiro atoms. The van der Waals surface area contributed by atoms with E-state index in [1.165, 1.54) is 4.31 Å². The van der Waals surface area contributed by atoms with E-state index in [-0.39, 0.29) is 18.3 Å². The first-order valence-electron chi connectivity index (χ1n) is 8.91. The van der Waals surface area contributed by atoms with Crippen molar-refractivity contribution in [1.82, 2.24) is 14.2 Å². The van der Waals surface area contributed by atoms with Crippen molar-refractivity contribution in [3.63, 3.8) is 0 Å². The van der Waals surface area contributed by atoms with Crippen molar-refractivity contribution in [2.75, 3.05) is 25.4 Å². The monoisotopic (exact) mass is 366 g/mol. The summed E-state index contributed by atoms with van der Waals surface area (Å²) in [6, 6.07) is 1.75. The van der Waals surface area contributed by atoms with E-state index in [4.69, 9.17) is 5.73 Å². The molecular weight excluding hydrogens is 340 g/mol. The highest BCUT2D eigenvalue weighted by atomic mass is 32.2. The Morgan fingerprint density at radius 3 is 2.64 bits per heavy atom. The van der Waals surface area contributed by atoms with Crippen LogP contribution in [0.1, 0.15) is 54.7 Å². The lowest BCUT2D eigenvalue weighted by atomic mass is 10.0. The maximum atomic E-state index is 12.7. The van der Waals surface area contributed by atoms with E-state index in [1.54, 1.807) is 17.9 Å². The molecule has 2 aliphatic heterocycles. The molecule has 1 atom stereocenters. The molecule has 8 heteroatoms. The van der Waals surface area contributed by atoms with Crippen molar-refractivity contribution in [3.8, 4) is 0 Å². The van der Waals surface area contributed by atoms with Crippen LogP contribution in [0.25, 0.3) is 0 Å². The van der Waals surface area contributed by atoms with Crippen molar-refractivity contribution < 1.29 is 13.2 Å². The number of sulfonamides is 1. The van der Waals surface area contributed by atoms with Crippen molar-refractivity contribution >= 4 is 21.7 Å². The standard InChI is InChI=1S/C17H26N4O3S/c1-3-12(2)25(23,24)21-9-6-15-13(11-21)10-14(16(18)19-15)17(22)20-7-4-5-8-20/h10,12H,3-9,11H2,1-2H3,(H2,18,19). The van der Waals surface area contributed by atoms with Gasteiger partial charge in [-0.2, -0.15) is 4.31 Å². The maximum absolute atomic E-state index is 12.7. The molecule has 1 fully saturated rings. The zero-order chi connectivity index (χ0) is 18.2. The van der Waals surface area contributed by atoms with E-state index in [0.717, 1.165) is 37.2 Å². The first kappa shape index (κ1) is 18.1. The summed E-state index contributed by atoms with van der Waals surface area (Å²) in [6.45, 7) is 5.75. The van der Waals surface area contributed by atoms with Gasteiger partial charge in [0, 0.05) is 38.3 Å². The number of aromatic nitrogens is 1. The summed E-state index contributed by atoms with van der Waals surface area (Å²) in [5.74, 6) is 0.140. The van der Waals surface area contributed by atoms with Crippen molar-refractivity contribution in [1.29, 1.82) is 0 Å². The molecule has 0 aromatic carbocycles. The van der Waals surface area contributed by atoms with Gasteiger partial charge in [0.05, 0.1) is 10.8 Å². The number of rotatable bonds is 4. The van der Waals surface area contributed by atoms with Crippen LogP contribution in [-0.2, 0) is 23.0 Å². The van der Waals surface area contributed by atoms with Crippen molar-refractivity contribution in [2.45, 2.75) is 51.3 Å². The largest absolute Gasteiger partial charge is 0.383 e. The highest BCUT2D eigenvalue weighted by molar-refractivity contribution is 7.89. The summed E-state index contributed by atoms with van der Waals surface area (Å²) in [6.07, 6.45) is 3.10. The Bertz CT molecular complexity index is 772. The summed E-state index contributed by atoms with van der Waals surface area (Å²) in [7, 11) is -3.33. The van der Waals surface area contributed by atoms with Crippen LogP contribution in [0.4, 0.5) is 5.82 Å². The second-order valence-corrected chi connectivity index (χ2v) is 9.22. The maximum Gasteiger partial charge on any atom is 0.257 e. The number of nitrogens with two attached hydrogens (primary N) is 1. The number of carbonyl (C=O) groups excluding carboxylic acids is 1. The van der Waals surface area contributed by atoms with E-state index in [1.807, 2.05) is 6.92 Å². The molecule has 2 N–H and O–H groups in total. The number of nitrogen functional groups attached to an aromatic ring is 1. The number of carbonyl (C=O) groups is 1. The Balaban J connectivity index is 1.89. The number of anilines is 1. The Morgan fingerprint density at radius 1 is 1.32 bits per heavy atom. The summed E-state index contributed by atoms with van der Waals surface area (Å²) in [5, 5.41) is -0.415. The normalized spacial score (nSPS) is 19.7. The van der Waals surface area contributed by atoms with Crippen LogP contribution < -0.4 is 5.73 Å². The van der Waals surface area contributed by atoms with Crippen LogP contribution in [0.15, 0.2) is 6.07 Å². The third kappa shape index (κ3) is 3.37. The molecule has 0 bridgehead atoms. The molecule has 0 radical (unpaired) electrons. The van der Waals surface area contributed by atoms with E-state index < -0.39 is 15.3 Å². The fourth-order valence-corrected chi connectivity index (χ4v) is 5.00. The zero-order valence-electron chi connectivity index (χ0n) is 14.9. The number of likely N-dealkylation sites (tertiary alicyclic amines) is 1. The van der Waals surface area contributed by atoms with Gasteiger partial charge in [-0.3, -0.25) is 4.79 Å². The quantitative estimate of drug-likeness (QED) is 0.868. The lowest BCUT2D eigenvalue weighted by Crippen LogP contribution is -2.41. The Kier molecular flexibility index (Phi) is 5.02. The number of hydrogen-bond donors (Lipinski definition) is 1. The minimum atomic E-state index is -3.33. The van der Waals surface area contributed by atoms with Crippen LogP contribution >= 0.6 is 0 Å². The van der Waals surface area contributed by atoms with Gasteiger partial charge in [0.2, 0.25) is 10.0 Å². The molecule has 2 aliphatic rings. The molecule has 1 amide bonds. The molecule has 3 heterocycles. The van der Waals surface area contributed by atoms with Crippen LogP contribution in [0.3, 0.4) is 0 Å². The molecule has 3 rings (SSSR count). The smallest absolute Gasteiger partial charge is 0.257 e. The fraction of sp³-hybridized carbons (Fsp3) is 0.647. The lowest BCUT2D eigenvalue weighted by molar-refractivity contribution is 0.0793. The Hall–Kier alpha value is -1.67. The van der Waals surface area contributed by atoms with Crippen LogP contribution in [0, 0.1) is 0 Å². The molecule has 1 aromatic heterocycles. The van der Waals surface area contributed by atoms with Gasteiger partial charge < -0.3 is 10.6 Å². The predicted octanol–water partition coefficient (Wildman–Crippen LogP) is 1.39. The lowest BCUT2D eigenvalue weighted by Gasteiger charge is -2.30. The van der Waals surface area contributed by atoms with Crippen molar-refractivity contribution in [2.24, 2.45) is 0 Å². The average Bonchev–Trinajstić information content (AvgIpc) is 3.13. The SMILES string of the molecule is CCC(C)S(=O)(=O)N1CCc2nc(N)c(C(=O)N3CCCC3)cc2C1. The molecule has 0 aliphatic carbocycles. The minimum Gasteiger partial charge on any atom is -0.383 e. The molecule has 7 nitrogen and oxygen atoms in total.